The number of rotatable bonds is 4. The number of hydrogen-bond donors (Lipinski definition) is 0. The molecule has 0 saturated carbocycles. The fourth-order valence-electron chi connectivity index (χ4n) is 2.38. The topological polar surface area (TPSA) is 69.4 Å². The summed E-state index contributed by atoms with van der Waals surface area (Å²) in [7, 11) is 1.35. The van der Waals surface area contributed by atoms with Gasteiger partial charge in [-0.25, -0.2) is 0 Å². The number of methoxy groups -OCH3 is 1. The molecular weight excluding hydrogens is 294 g/mol. The quantitative estimate of drug-likeness (QED) is 0.547. The highest BCUT2D eigenvalue weighted by molar-refractivity contribution is 6.09. The Labute approximate surface area is 132 Å². The van der Waals surface area contributed by atoms with Crippen LogP contribution >= 0.6 is 0 Å². The third-order valence-corrected chi connectivity index (χ3v) is 3.54. The summed E-state index contributed by atoms with van der Waals surface area (Å²) in [4.78, 5) is 27.9. The van der Waals surface area contributed by atoms with Gasteiger partial charge in [-0.3, -0.25) is 14.6 Å². The summed E-state index contributed by atoms with van der Waals surface area (Å²) < 4.78 is 10.3. The second kappa shape index (κ2) is 6.04. The first-order valence-electron chi connectivity index (χ1n) is 7.13. The Balaban J connectivity index is 1.93. The molecule has 0 spiro atoms. The minimum Gasteiger partial charge on any atom is -0.469 e. The summed E-state index contributed by atoms with van der Waals surface area (Å²) in [6.07, 6.45) is 1.78. The van der Waals surface area contributed by atoms with Crippen molar-refractivity contribution in [3.05, 3.63) is 65.2 Å². The van der Waals surface area contributed by atoms with Crippen molar-refractivity contribution < 1.29 is 18.7 Å². The summed E-state index contributed by atoms with van der Waals surface area (Å²) in [5, 5.41) is 0.778. The van der Waals surface area contributed by atoms with Crippen molar-refractivity contribution in [3.8, 4) is 0 Å². The summed E-state index contributed by atoms with van der Waals surface area (Å²) in [5.41, 5.74) is 2.72. The van der Waals surface area contributed by atoms with E-state index < -0.39 is 0 Å². The highest BCUT2D eigenvalue weighted by Crippen LogP contribution is 2.23. The monoisotopic (exact) mass is 309 g/mol. The van der Waals surface area contributed by atoms with Crippen molar-refractivity contribution in [1.82, 2.24) is 4.98 Å². The van der Waals surface area contributed by atoms with E-state index in [2.05, 4.69) is 9.72 Å². The lowest BCUT2D eigenvalue weighted by Gasteiger charge is -1.99. The first kappa shape index (κ1) is 15.0. The van der Waals surface area contributed by atoms with Gasteiger partial charge in [0.15, 0.2) is 5.76 Å². The van der Waals surface area contributed by atoms with Crippen molar-refractivity contribution in [3.63, 3.8) is 0 Å². The number of aryl methyl sites for hydroxylation is 1. The van der Waals surface area contributed by atoms with Gasteiger partial charge in [0, 0.05) is 22.8 Å². The van der Waals surface area contributed by atoms with Crippen LogP contribution < -0.4 is 0 Å². The summed E-state index contributed by atoms with van der Waals surface area (Å²) >= 11 is 0. The van der Waals surface area contributed by atoms with Crippen LogP contribution in [0.1, 0.15) is 27.4 Å². The largest absolute Gasteiger partial charge is 0.469 e. The van der Waals surface area contributed by atoms with Gasteiger partial charge in [0.25, 0.3) is 0 Å². The van der Waals surface area contributed by atoms with Crippen LogP contribution in [0.2, 0.25) is 0 Å². The number of fused-ring (bicyclic) bond motifs is 1. The van der Waals surface area contributed by atoms with Gasteiger partial charge in [0.1, 0.15) is 5.58 Å². The number of aromatic nitrogens is 1. The SMILES string of the molecule is COC(=O)Cc1ccc2oc(C(=O)c3ccnc(C)c3)cc2c1. The molecule has 2 aromatic heterocycles. The zero-order valence-corrected chi connectivity index (χ0v) is 12.8. The molecule has 0 amide bonds. The first-order valence-corrected chi connectivity index (χ1v) is 7.13. The Hall–Kier alpha value is -2.95. The molecule has 0 saturated heterocycles. The molecule has 5 nitrogen and oxygen atoms in total. The first-order chi connectivity index (χ1) is 11.1. The third-order valence-electron chi connectivity index (χ3n) is 3.54. The van der Waals surface area contributed by atoms with E-state index in [1.807, 2.05) is 13.0 Å². The summed E-state index contributed by atoms with van der Waals surface area (Å²) in [5.74, 6) is -0.238. The fourth-order valence-corrected chi connectivity index (χ4v) is 2.38. The molecule has 0 unspecified atom stereocenters. The maximum atomic E-state index is 12.5. The zero-order chi connectivity index (χ0) is 16.4. The number of ether oxygens (including phenoxy) is 1. The molecule has 0 bridgehead atoms. The summed E-state index contributed by atoms with van der Waals surface area (Å²) in [6, 6.07) is 10.4. The van der Waals surface area contributed by atoms with E-state index in [0.717, 1.165) is 16.6 Å². The van der Waals surface area contributed by atoms with E-state index in [0.29, 0.717) is 11.1 Å². The number of esters is 1. The molecule has 0 aliphatic carbocycles. The van der Waals surface area contributed by atoms with Crippen molar-refractivity contribution >= 4 is 22.7 Å². The van der Waals surface area contributed by atoms with Gasteiger partial charge in [0.05, 0.1) is 13.5 Å². The zero-order valence-electron chi connectivity index (χ0n) is 12.8. The minimum absolute atomic E-state index is 0.185. The van der Waals surface area contributed by atoms with E-state index in [1.165, 1.54) is 7.11 Å². The molecule has 3 aromatic rings. The summed E-state index contributed by atoms with van der Waals surface area (Å²) in [6.45, 7) is 1.83. The molecule has 0 aliphatic heterocycles. The van der Waals surface area contributed by atoms with E-state index in [1.54, 1.807) is 36.5 Å². The van der Waals surface area contributed by atoms with E-state index >= 15 is 0 Å². The second-order valence-electron chi connectivity index (χ2n) is 5.25. The number of hydrogen-bond acceptors (Lipinski definition) is 5. The number of nitrogens with zero attached hydrogens (tertiary/aromatic N) is 1. The number of benzene rings is 1. The molecule has 0 radical (unpaired) electrons. The Bertz CT molecular complexity index is 895. The predicted octanol–water partition coefficient (Wildman–Crippen LogP) is 3.08. The van der Waals surface area contributed by atoms with Crippen LogP contribution in [0, 0.1) is 6.92 Å². The minimum atomic E-state index is -0.309. The number of ketones is 1. The number of pyridine rings is 1. The van der Waals surface area contributed by atoms with Crippen LogP contribution in [0.25, 0.3) is 11.0 Å². The molecule has 3 rings (SSSR count). The van der Waals surface area contributed by atoms with Crippen LogP contribution in [0.15, 0.2) is 47.0 Å². The van der Waals surface area contributed by atoms with Gasteiger partial charge in [-0.1, -0.05) is 6.07 Å². The van der Waals surface area contributed by atoms with Crippen molar-refractivity contribution in [2.45, 2.75) is 13.3 Å². The molecule has 0 N–H and O–H groups in total. The van der Waals surface area contributed by atoms with Crippen LogP contribution in [0.4, 0.5) is 0 Å². The van der Waals surface area contributed by atoms with Crippen LogP contribution in [0.5, 0.6) is 0 Å². The van der Waals surface area contributed by atoms with E-state index in [-0.39, 0.29) is 23.9 Å². The molecule has 5 heteroatoms. The lowest BCUT2D eigenvalue weighted by molar-refractivity contribution is -0.139. The molecule has 0 aliphatic rings. The molecule has 1 aromatic carbocycles. The van der Waals surface area contributed by atoms with Crippen molar-refractivity contribution in [1.29, 1.82) is 0 Å². The molecule has 116 valence electrons. The smallest absolute Gasteiger partial charge is 0.309 e. The average Bonchev–Trinajstić information content (AvgIpc) is 2.97. The molecule has 0 fully saturated rings. The van der Waals surface area contributed by atoms with Crippen LogP contribution in [-0.2, 0) is 16.0 Å². The van der Waals surface area contributed by atoms with Gasteiger partial charge in [-0.05, 0) is 42.8 Å². The lowest BCUT2D eigenvalue weighted by atomic mass is 10.1. The second-order valence-corrected chi connectivity index (χ2v) is 5.25. The highest BCUT2D eigenvalue weighted by atomic mass is 16.5. The Kier molecular flexibility index (Phi) is 3.93. The van der Waals surface area contributed by atoms with Gasteiger partial charge in [-0.15, -0.1) is 0 Å². The fraction of sp³-hybridized carbons (Fsp3) is 0.167. The molecule has 2 heterocycles. The highest BCUT2D eigenvalue weighted by Gasteiger charge is 2.15. The van der Waals surface area contributed by atoms with Gasteiger partial charge in [0.2, 0.25) is 5.78 Å². The maximum Gasteiger partial charge on any atom is 0.309 e. The third kappa shape index (κ3) is 3.13. The van der Waals surface area contributed by atoms with Gasteiger partial charge in [-0.2, -0.15) is 0 Å². The van der Waals surface area contributed by atoms with Crippen molar-refractivity contribution in [2.24, 2.45) is 0 Å². The molecule has 23 heavy (non-hydrogen) atoms. The predicted molar refractivity (Wildman–Crippen MR) is 84.3 cm³/mol. The molecular formula is C18H15NO4. The lowest BCUT2D eigenvalue weighted by Crippen LogP contribution is -2.03. The van der Waals surface area contributed by atoms with E-state index in [4.69, 9.17) is 4.42 Å². The Morgan fingerprint density at radius 3 is 2.74 bits per heavy atom. The average molecular weight is 309 g/mol. The van der Waals surface area contributed by atoms with Crippen LogP contribution in [0.3, 0.4) is 0 Å². The Morgan fingerprint density at radius 1 is 1.17 bits per heavy atom. The maximum absolute atomic E-state index is 12.5. The number of carbonyl (C=O) groups is 2. The number of furan rings is 1. The van der Waals surface area contributed by atoms with Gasteiger partial charge < -0.3 is 9.15 Å². The van der Waals surface area contributed by atoms with E-state index in [9.17, 15) is 9.59 Å². The number of carbonyl (C=O) groups excluding carboxylic acids is 2. The van der Waals surface area contributed by atoms with Gasteiger partial charge >= 0.3 is 5.97 Å². The Morgan fingerprint density at radius 2 is 2.00 bits per heavy atom. The van der Waals surface area contributed by atoms with Crippen LogP contribution in [-0.4, -0.2) is 23.8 Å². The normalized spacial score (nSPS) is 10.7. The standard InChI is InChI=1S/C18H15NO4/c1-11-7-13(5-6-19-11)18(21)16-10-14-8-12(9-17(20)22-2)3-4-15(14)23-16/h3-8,10H,9H2,1-2H3. The molecule has 0 atom stereocenters. The van der Waals surface area contributed by atoms with Crippen molar-refractivity contribution in [2.75, 3.05) is 7.11 Å².